The summed E-state index contributed by atoms with van der Waals surface area (Å²) >= 11 is 0. The molecule has 31 heavy (non-hydrogen) atoms. The van der Waals surface area contributed by atoms with E-state index in [4.69, 9.17) is 0 Å². The minimum atomic E-state index is 0.0359. The molecule has 0 aliphatic carbocycles. The van der Waals surface area contributed by atoms with E-state index in [2.05, 4.69) is 69.5 Å². The van der Waals surface area contributed by atoms with E-state index >= 15 is 0 Å². The monoisotopic (exact) mass is 413 g/mol. The minimum absolute atomic E-state index is 0.0359. The van der Waals surface area contributed by atoms with Crippen molar-refractivity contribution in [2.24, 2.45) is 13.0 Å². The molecule has 1 atom stereocenters. The number of likely N-dealkylation sites (tertiary alicyclic amines) is 1. The molecule has 1 N–H and O–H groups in total. The highest BCUT2D eigenvalue weighted by Crippen LogP contribution is 2.33. The summed E-state index contributed by atoms with van der Waals surface area (Å²) in [6.45, 7) is 5.46. The molecule has 6 heteroatoms. The molecule has 0 saturated carbocycles. The Bertz CT molecular complexity index is 1280. The summed E-state index contributed by atoms with van der Waals surface area (Å²) in [4.78, 5) is 23.5. The van der Waals surface area contributed by atoms with Crippen LogP contribution in [0.3, 0.4) is 0 Å². The van der Waals surface area contributed by atoms with Gasteiger partial charge in [0, 0.05) is 67.5 Å². The zero-order chi connectivity index (χ0) is 21.5. The van der Waals surface area contributed by atoms with Crippen LogP contribution in [0, 0.1) is 5.92 Å². The molecule has 6 nitrogen and oxygen atoms in total. The molecular formula is C25H27N5O. The number of aromatic nitrogens is 3. The number of carbonyl (C=O) groups is 1. The summed E-state index contributed by atoms with van der Waals surface area (Å²) in [5, 5.41) is 4.86. The van der Waals surface area contributed by atoms with Crippen LogP contribution in [0.15, 0.2) is 55.0 Å². The Kier molecular flexibility index (Phi) is 4.85. The number of nitrogens with zero attached hydrogens (tertiary/aromatic N) is 4. The van der Waals surface area contributed by atoms with Crippen LogP contribution >= 0.6 is 0 Å². The number of hydrogen-bond donors (Lipinski definition) is 1. The third-order valence-corrected chi connectivity index (χ3v) is 6.14. The van der Waals surface area contributed by atoms with E-state index in [1.54, 1.807) is 12.4 Å². The molecule has 0 radical (unpaired) electrons. The van der Waals surface area contributed by atoms with Crippen molar-refractivity contribution in [3.63, 3.8) is 0 Å². The van der Waals surface area contributed by atoms with Crippen LogP contribution in [0.25, 0.3) is 33.1 Å². The Morgan fingerprint density at radius 3 is 2.81 bits per heavy atom. The van der Waals surface area contributed by atoms with Crippen LogP contribution in [-0.4, -0.2) is 44.5 Å². The maximum atomic E-state index is 12.3. The lowest BCUT2D eigenvalue weighted by Crippen LogP contribution is -2.34. The topological polar surface area (TPSA) is 63.1 Å². The molecule has 1 saturated heterocycles. The fraction of sp³-hybridized carbons (Fsp3) is 0.320. The lowest BCUT2D eigenvalue weighted by atomic mass is 10.0. The van der Waals surface area contributed by atoms with Crippen LogP contribution in [-0.2, 0) is 11.8 Å². The number of aryl methyl sites for hydroxylation is 1. The number of rotatable bonds is 4. The summed E-state index contributed by atoms with van der Waals surface area (Å²) in [5.41, 5.74) is 6.13. The Labute approximate surface area is 181 Å². The van der Waals surface area contributed by atoms with Gasteiger partial charge >= 0.3 is 0 Å². The van der Waals surface area contributed by atoms with Crippen molar-refractivity contribution in [1.82, 2.24) is 19.4 Å². The van der Waals surface area contributed by atoms with Crippen LogP contribution in [0.1, 0.15) is 20.3 Å². The molecule has 1 aliphatic rings. The van der Waals surface area contributed by atoms with Gasteiger partial charge in [0.05, 0.1) is 11.0 Å². The second kappa shape index (κ2) is 7.69. The molecule has 4 aromatic rings. The highest BCUT2D eigenvalue weighted by atomic mass is 16.2. The first-order chi connectivity index (χ1) is 15.0. The highest BCUT2D eigenvalue weighted by Gasteiger charge is 2.27. The SMILES string of the molecule is CC(C)C(=O)N1CCC(Nc2cc(-c3ccc4ccn(C)c4c3)c3nccnc3c2)C1. The number of anilines is 1. The van der Waals surface area contributed by atoms with E-state index in [1.807, 2.05) is 18.7 Å². The molecule has 0 bridgehead atoms. The predicted molar refractivity (Wildman–Crippen MR) is 125 cm³/mol. The third kappa shape index (κ3) is 3.63. The number of carbonyl (C=O) groups excluding carboxylic acids is 1. The first-order valence-corrected chi connectivity index (χ1v) is 10.8. The van der Waals surface area contributed by atoms with Gasteiger partial charge in [-0.1, -0.05) is 26.0 Å². The van der Waals surface area contributed by atoms with Crippen LogP contribution < -0.4 is 5.32 Å². The van der Waals surface area contributed by atoms with Crippen LogP contribution in [0.2, 0.25) is 0 Å². The van der Waals surface area contributed by atoms with Gasteiger partial charge in [-0.2, -0.15) is 0 Å². The highest BCUT2D eigenvalue weighted by molar-refractivity contribution is 5.97. The molecule has 1 unspecified atom stereocenters. The van der Waals surface area contributed by atoms with Crippen molar-refractivity contribution in [3.8, 4) is 11.1 Å². The molecule has 0 spiro atoms. The predicted octanol–water partition coefficient (Wildman–Crippen LogP) is 4.46. The smallest absolute Gasteiger partial charge is 0.225 e. The molecule has 1 fully saturated rings. The van der Waals surface area contributed by atoms with Crippen molar-refractivity contribution in [3.05, 3.63) is 55.0 Å². The summed E-state index contributed by atoms with van der Waals surface area (Å²) in [6.07, 6.45) is 6.50. The molecule has 1 amide bonds. The first-order valence-electron chi connectivity index (χ1n) is 10.8. The third-order valence-electron chi connectivity index (χ3n) is 6.14. The molecule has 2 aromatic heterocycles. The van der Waals surface area contributed by atoms with E-state index in [0.29, 0.717) is 0 Å². The van der Waals surface area contributed by atoms with Gasteiger partial charge < -0.3 is 14.8 Å². The Hall–Kier alpha value is -3.41. The number of nitrogens with one attached hydrogen (secondary N) is 1. The van der Waals surface area contributed by atoms with Crippen molar-refractivity contribution in [2.75, 3.05) is 18.4 Å². The van der Waals surface area contributed by atoms with E-state index in [-0.39, 0.29) is 17.9 Å². The number of amides is 1. The summed E-state index contributed by atoms with van der Waals surface area (Å²) < 4.78 is 2.13. The summed E-state index contributed by atoms with van der Waals surface area (Å²) in [6, 6.07) is 13.1. The Morgan fingerprint density at radius 1 is 1.13 bits per heavy atom. The summed E-state index contributed by atoms with van der Waals surface area (Å²) in [7, 11) is 2.06. The number of hydrogen-bond acceptors (Lipinski definition) is 4. The van der Waals surface area contributed by atoms with Gasteiger partial charge in [-0.05, 0) is 41.6 Å². The molecule has 1 aliphatic heterocycles. The van der Waals surface area contributed by atoms with Crippen LogP contribution in [0.4, 0.5) is 5.69 Å². The maximum absolute atomic E-state index is 12.3. The van der Waals surface area contributed by atoms with Gasteiger partial charge in [-0.3, -0.25) is 14.8 Å². The van der Waals surface area contributed by atoms with Gasteiger partial charge in [0.2, 0.25) is 5.91 Å². The van der Waals surface area contributed by atoms with Gasteiger partial charge in [0.25, 0.3) is 0 Å². The van der Waals surface area contributed by atoms with E-state index < -0.39 is 0 Å². The van der Waals surface area contributed by atoms with Gasteiger partial charge in [0.15, 0.2) is 0 Å². The van der Waals surface area contributed by atoms with E-state index in [1.165, 1.54) is 10.9 Å². The zero-order valence-electron chi connectivity index (χ0n) is 18.2. The van der Waals surface area contributed by atoms with Gasteiger partial charge in [-0.15, -0.1) is 0 Å². The number of benzene rings is 2. The van der Waals surface area contributed by atoms with Crippen LogP contribution in [0.5, 0.6) is 0 Å². The molecule has 2 aromatic carbocycles. The van der Waals surface area contributed by atoms with Gasteiger partial charge in [-0.25, -0.2) is 0 Å². The largest absolute Gasteiger partial charge is 0.380 e. The standard InChI is InChI=1S/C25H27N5O/c1-16(2)25(31)30-11-7-19(15-30)28-20-13-21(24-22(14-20)26-8-9-27-24)18-5-4-17-6-10-29(3)23(17)12-18/h4-6,8-10,12-14,16,19,28H,7,11,15H2,1-3H3. The minimum Gasteiger partial charge on any atom is -0.380 e. The van der Waals surface area contributed by atoms with Gasteiger partial charge in [0.1, 0.15) is 0 Å². The lowest BCUT2D eigenvalue weighted by Gasteiger charge is -2.20. The van der Waals surface area contributed by atoms with Crippen molar-refractivity contribution >= 4 is 33.5 Å². The fourth-order valence-corrected chi connectivity index (χ4v) is 4.49. The van der Waals surface area contributed by atoms with E-state index in [9.17, 15) is 4.79 Å². The number of fused-ring (bicyclic) bond motifs is 2. The first kappa shape index (κ1) is 19.5. The van der Waals surface area contributed by atoms with Crippen molar-refractivity contribution in [2.45, 2.75) is 26.3 Å². The van der Waals surface area contributed by atoms with E-state index in [0.717, 1.165) is 47.4 Å². The molecule has 3 heterocycles. The average Bonchev–Trinajstić information content (AvgIpc) is 3.39. The van der Waals surface area contributed by atoms with Crippen molar-refractivity contribution < 1.29 is 4.79 Å². The molecule has 158 valence electrons. The average molecular weight is 414 g/mol. The van der Waals surface area contributed by atoms with Crippen molar-refractivity contribution in [1.29, 1.82) is 0 Å². The second-order valence-electron chi connectivity index (χ2n) is 8.72. The summed E-state index contributed by atoms with van der Waals surface area (Å²) in [5.74, 6) is 0.263. The fourth-order valence-electron chi connectivity index (χ4n) is 4.49. The quantitative estimate of drug-likeness (QED) is 0.537. The zero-order valence-corrected chi connectivity index (χ0v) is 18.2. The normalized spacial score (nSPS) is 16.5. The maximum Gasteiger partial charge on any atom is 0.225 e. The lowest BCUT2D eigenvalue weighted by molar-refractivity contribution is -0.133. The Morgan fingerprint density at radius 2 is 1.97 bits per heavy atom. The Balaban J connectivity index is 1.50. The second-order valence-corrected chi connectivity index (χ2v) is 8.72. The molecule has 5 rings (SSSR count). The molecular weight excluding hydrogens is 386 g/mol.